The van der Waals surface area contributed by atoms with Crippen LogP contribution in [0.25, 0.3) is 0 Å². The normalized spacial score (nSPS) is 18.6. The molecule has 0 saturated carbocycles. The first-order valence-corrected chi connectivity index (χ1v) is 7.51. The van der Waals surface area contributed by atoms with E-state index in [1.165, 1.54) is 0 Å². The number of rotatable bonds is 3. The molecular weight excluding hydrogens is 256 g/mol. The molecule has 1 heterocycles. The molecule has 0 bridgehead atoms. The molecule has 5 heteroatoms. The summed E-state index contributed by atoms with van der Waals surface area (Å²) in [7, 11) is 0. The van der Waals surface area contributed by atoms with Gasteiger partial charge in [-0.1, -0.05) is 6.92 Å². The highest BCUT2D eigenvalue weighted by atomic mass is 16.6. The average Bonchev–Trinajstić information content (AvgIpc) is 2.36. The topological polar surface area (TPSA) is 58.6 Å². The summed E-state index contributed by atoms with van der Waals surface area (Å²) in [5.41, 5.74) is -0.470. The van der Waals surface area contributed by atoms with Crippen LogP contribution in [0, 0.1) is 5.92 Å². The van der Waals surface area contributed by atoms with E-state index in [2.05, 4.69) is 12.2 Å². The summed E-state index contributed by atoms with van der Waals surface area (Å²) in [5.74, 6) is 0.130. The van der Waals surface area contributed by atoms with Gasteiger partial charge in [0, 0.05) is 25.0 Å². The Morgan fingerprint density at radius 1 is 1.30 bits per heavy atom. The molecule has 0 aromatic carbocycles. The summed E-state index contributed by atoms with van der Waals surface area (Å²) in [5, 5.41) is 3.01. The van der Waals surface area contributed by atoms with E-state index in [1.54, 1.807) is 4.90 Å². The van der Waals surface area contributed by atoms with Gasteiger partial charge in [0.1, 0.15) is 5.60 Å². The molecule has 20 heavy (non-hydrogen) atoms. The van der Waals surface area contributed by atoms with Crippen molar-refractivity contribution in [3.8, 4) is 0 Å². The molecule has 1 N–H and O–H groups in total. The van der Waals surface area contributed by atoms with Gasteiger partial charge < -0.3 is 15.0 Å². The number of nitrogens with zero attached hydrogens (tertiary/aromatic N) is 1. The van der Waals surface area contributed by atoms with Crippen LogP contribution in [-0.4, -0.2) is 41.6 Å². The van der Waals surface area contributed by atoms with Crippen molar-refractivity contribution in [3.05, 3.63) is 0 Å². The molecule has 116 valence electrons. The zero-order valence-corrected chi connectivity index (χ0v) is 13.4. The Kier molecular flexibility index (Phi) is 5.84. The van der Waals surface area contributed by atoms with Crippen LogP contribution in [0.2, 0.25) is 0 Å². The van der Waals surface area contributed by atoms with Crippen LogP contribution in [0.5, 0.6) is 0 Å². The van der Waals surface area contributed by atoms with Crippen LogP contribution < -0.4 is 5.32 Å². The minimum absolute atomic E-state index is 0.0164. The number of likely N-dealkylation sites (tertiary alicyclic amines) is 1. The Labute approximate surface area is 122 Å². The minimum Gasteiger partial charge on any atom is -0.444 e. The number of ether oxygens (including phenoxy) is 1. The molecule has 0 spiro atoms. The third-order valence-electron chi connectivity index (χ3n) is 3.52. The molecule has 1 saturated heterocycles. The lowest BCUT2D eigenvalue weighted by Crippen LogP contribution is -2.46. The third-order valence-corrected chi connectivity index (χ3v) is 3.52. The summed E-state index contributed by atoms with van der Waals surface area (Å²) in [6.45, 7) is 10.8. The summed E-state index contributed by atoms with van der Waals surface area (Å²) < 4.78 is 5.34. The Morgan fingerprint density at radius 3 is 2.30 bits per heavy atom. The van der Waals surface area contributed by atoms with Gasteiger partial charge in [0.15, 0.2) is 0 Å². The van der Waals surface area contributed by atoms with E-state index in [0.717, 1.165) is 6.42 Å². The van der Waals surface area contributed by atoms with Crippen LogP contribution in [-0.2, 0) is 9.53 Å². The van der Waals surface area contributed by atoms with E-state index in [1.807, 2.05) is 27.7 Å². The number of hydrogen-bond acceptors (Lipinski definition) is 3. The van der Waals surface area contributed by atoms with Crippen LogP contribution in [0.3, 0.4) is 0 Å². The molecule has 1 rings (SSSR count). The highest BCUT2D eigenvalue weighted by Gasteiger charge is 2.30. The number of amides is 2. The second-order valence-corrected chi connectivity index (χ2v) is 6.56. The fourth-order valence-corrected chi connectivity index (χ4v) is 2.11. The monoisotopic (exact) mass is 284 g/mol. The van der Waals surface area contributed by atoms with Crippen molar-refractivity contribution >= 4 is 12.0 Å². The zero-order chi connectivity index (χ0) is 15.3. The van der Waals surface area contributed by atoms with Gasteiger partial charge in [-0.2, -0.15) is 0 Å². The lowest BCUT2D eigenvalue weighted by Gasteiger charge is -2.33. The van der Waals surface area contributed by atoms with Crippen LogP contribution >= 0.6 is 0 Å². The first kappa shape index (κ1) is 16.8. The largest absolute Gasteiger partial charge is 0.444 e. The first-order valence-electron chi connectivity index (χ1n) is 7.51. The van der Waals surface area contributed by atoms with Gasteiger partial charge >= 0.3 is 6.09 Å². The Bertz CT molecular complexity index is 342. The number of hydrogen-bond donors (Lipinski definition) is 1. The van der Waals surface area contributed by atoms with E-state index >= 15 is 0 Å². The van der Waals surface area contributed by atoms with Crippen LogP contribution in [0.1, 0.15) is 53.9 Å². The summed E-state index contributed by atoms with van der Waals surface area (Å²) >= 11 is 0. The minimum atomic E-state index is -0.470. The van der Waals surface area contributed by atoms with Crippen molar-refractivity contribution in [3.63, 3.8) is 0 Å². The number of piperidine rings is 1. The molecule has 0 aliphatic carbocycles. The highest BCUT2D eigenvalue weighted by Crippen LogP contribution is 2.20. The predicted molar refractivity (Wildman–Crippen MR) is 78.4 cm³/mol. The SMILES string of the molecule is CC[C@H](C)NC(=O)C1CCN(C(=O)OC(C)(C)C)CC1. The van der Waals surface area contributed by atoms with Crippen molar-refractivity contribution in [1.29, 1.82) is 0 Å². The maximum absolute atomic E-state index is 12.0. The lowest BCUT2D eigenvalue weighted by molar-refractivity contribution is -0.127. The highest BCUT2D eigenvalue weighted by molar-refractivity contribution is 5.79. The van der Waals surface area contributed by atoms with Gasteiger partial charge in [-0.3, -0.25) is 4.79 Å². The van der Waals surface area contributed by atoms with Gasteiger partial charge in [-0.15, -0.1) is 0 Å². The standard InChI is InChI=1S/C15H28N2O3/c1-6-11(2)16-13(18)12-7-9-17(10-8-12)14(19)20-15(3,4)5/h11-12H,6-10H2,1-5H3,(H,16,18)/t11-/m0/s1. The zero-order valence-electron chi connectivity index (χ0n) is 13.4. The van der Waals surface area contributed by atoms with Crippen molar-refractivity contribution in [2.24, 2.45) is 5.92 Å². The first-order chi connectivity index (χ1) is 9.23. The van der Waals surface area contributed by atoms with E-state index in [-0.39, 0.29) is 24.0 Å². The lowest BCUT2D eigenvalue weighted by atomic mass is 9.96. The fraction of sp³-hybridized carbons (Fsp3) is 0.867. The van der Waals surface area contributed by atoms with Gasteiger partial charge in [-0.05, 0) is 47.0 Å². The molecule has 0 aromatic rings. The van der Waals surface area contributed by atoms with E-state index < -0.39 is 5.60 Å². The van der Waals surface area contributed by atoms with Crippen molar-refractivity contribution in [2.75, 3.05) is 13.1 Å². The number of nitrogens with one attached hydrogen (secondary N) is 1. The number of carbonyl (C=O) groups excluding carboxylic acids is 2. The van der Waals surface area contributed by atoms with Crippen molar-refractivity contribution in [1.82, 2.24) is 10.2 Å². The van der Waals surface area contributed by atoms with E-state index in [4.69, 9.17) is 4.74 Å². The molecule has 1 aliphatic heterocycles. The smallest absolute Gasteiger partial charge is 0.410 e. The van der Waals surface area contributed by atoms with Gasteiger partial charge in [0.05, 0.1) is 0 Å². The van der Waals surface area contributed by atoms with Gasteiger partial charge in [-0.25, -0.2) is 4.79 Å². The number of carbonyl (C=O) groups is 2. The molecule has 1 atom stereocenters. The predicted octanol–water partition coefficient (Wildman–Crippen LogP) is 2.55. The van der Waals surface area contributed by atoms with Gasteiger partial charge in [0.25, 0.3) is 0 Å². The molecule has 0 radical (unpaired) electrons. The molecule has 0 aromatic heterocycles. The summed E-state index contributed by atoms with van der Waals surface area (Å²) in [6, 6.07) is 0.214. The molecule has 1 aliphatic rings. The maximum Gasteiger partial charge on any atom is 0.410 e. The summed E-state index contributed by atoms with van der Waals surface area (Å²) in [6.07, 6.45) is 2.07. The molecular formula is C15H28N2O3. The van der Waals surface area contributed by atoms with Crippen LogP contribution in [0.15, 0.2) is 0 Å². The maximum atomic E-state index is 12.0. The third kappa shape index (κ3) is 5.39. The fourth-order valence-electron chi connectivity index (χ4n) is 2.11. The second kappa shape index (κ2) is 6.95. The average molecular weight is 284 g/mol. The molecule has 0 unspecified atom stereocenters. The van der Waals surface area contributed by atoms with Gasteiger partial charge in [0.2, 0.25) is 5.91 Å². The molecule has 5 nitrogen and oxygen atoms in total. The Balaban J connectivity index is 2.40. The summed E-state index contributed by atoms with van der Waals surface area (Å²) in [4.78, 5) is 25.6. The Hall–Kier alpha value is -1.26. The second-order valence-electron chi connectivity index (χ2n) is 6.56. The van der Waals surface area contributed by atoms with Crippen molar-refractivity contribution in [2.45, 2.75) is 65.5 Å². The quantitative estimate of drug-likeness (QED) is 0.866. The van der Waals surface area contributed by atoms with E-state index in [9.17, 15) is 9.59 Å². The van der Waals surface area contributed by atoms with E-state index in [0.29, 0.717) is 25.9 Å². The molecule has 2 amide bonds. The van der Waals surface area contributed by atoms with Crippen molar-refractivity contribution < 1.29 is 14.3 Å². The molecule has 1 fully saturated rings. The Morgan fingerprint density at radius 2 is 1.85 bits per heavy atom. The van der Waals surface area contributed by atoms with Crippen LogP contribution in [0.4, 0.5) is 4.79 Å².